The second-order valence-corrected chi connectivity index (χ2v) is 6.41. The molecule has 0 heterocycles. The summed E-state index contributed by atoms with van der Waals surface area (Å²) in [6.07, 6.45) is 12.4. The largest absolute Gasteiger partial charge is 0.314 e. The lowest BCUT2D eigenvalue weighted by Gasteiger charge is -2.22. The molecule has 0 bridgehead atoms. The molecule has 0 saturated heterocycles. The van der Waals surface area contributed by atoms with Crippen LogP contribution in [0.5, 0.6) is 0 Å². The van der Waals surface area contributed by atoms with E-state index in [-0.39, 0.29) is 0 Å². The molecule has 0 atom stereocenters. The number of aryl methyl sites for hydroxylation is 1. The highest BCUT2D eigenvalue weighted by atomic mass is 14.9. The third kappa shape index (κ3) is 4.07. The van der Waals surface area contributed by atoms with E-state index >= 15 is 0 Å². The molecule has 0 spiro atoms. The molecule has 0 radical (unpaired) electrons. The quantitative estimate of drug-likeness (QED) is 0.744. The van der Waals surface area contributed by atoms with Crippen LogP contribution in [0.15, 0.2) is 24.3 Å². The van der Waals surface area contributed by atoms with E-state index < -0.39 is 0 Å². The van der Waals surface area contributed by atoms with Crippen LogP contribution in [0.4, 0.5) is 0 Å². The third-order valence-electron chi connectivity index (χ3n) is 4.71. The van der Waals surface area contributed by atoms with Crippen LogP contribution in [0.2, 0.25) is 0 Å². The molecule has 2 saturated carbocycles. The average molecular weight is 257 g/mol. The highest BCUT2D eigenvalue weighted by Gasteiger charge is 2.19. The highest BCUT2D eigenvalue weighted by molar-refractivity contribution is 5.25. The molecule has 2 fully saturated rings. The van der Waals surface area contributed by atoms with E-state index in [9.17, 15) is 0 Å². The van der Waals surface area contributed by atoms with Gasteiger partial charge in [-0.1, -0.05) is 43.5 Å². The Balaban J connectivity index is 1.44. The van der Waals surface area contributed by atoms with Gasteiger partial charge in [0.05, 0.1) is 0 Å². The van der Waals surface area contributed by atoms with E-state index in [1.165, 1.54) is 69.9 Å². The van der Waals surface area contributed by atoms with Crippen molar-refractivity contribution < 1.29 is 0 Å². The zero-order chi connectivity index (χ0) is 12.9. The summed E-state index contributed by atoms with van der Waals surface area (Å²) < 4.78 is 0. The summed E-state index contributed by atoms with van der Waals surface area (Å²) in [6, 6.07) is 10.4. The zero-order valence-electron chi connectivity index (χ0n) is 12.0. The second kappa shape index (κ2) is 6.56. The fourth-order valence-electron chi connectivity index (χ4n) is 3.28. The van der Waals surface area contributed by atoms with Crippen molar-refractivity contribution in [3.63, 3.8) is 0 Å². The minimum absolute atomic E-state index is 0.847. The smallest absolute Gasteiger partial charge is 0.00682 e. The number of hydrogen-bond acceptors (Lipinski definition) is 1. The zero-order valence-corrected chi connectivity index (χ0v) is 12.0. The van der Waals surface area contributed by atoms with Crippen LogP contribution in [0.25, 0.3) is 0 Å². The molecule has 2 aliphatic carbocycles. The molecule has 3 rings (SSSR count). The van der Waals surface area contributed by atoms with Crippen LogP contribution < -0.4 is 5.32 Å². The Hall–Kier alpha value is -0.820. The van der Waals surface area contributed by atoms with Crippen molar-refractivity contribution in [3.05, 3.63) is 35.4 Å². The summed E-state index contributed by atoms with van der Waals surface area (Å²) >= 11 is 0. The van der Waals surface area contributed by atoms with Crippen LogP contribution in [0, 0.1) is 0 Å². The van der Waals surface area contributed by atoms with Crippen molar-refractivity contribution in [1.29, 1.82) is 0 Å². The van der Waals surface area contributed by atoms with E-state index in [1.807, 2.05) is 0 Å². The van der Waals surface area contributed by atoms with Gasteiger partial charge < -0.3 is 5.32 Å². The van der Waals surface area contributed by atoms with Crippen molar-refractivity contribution in [1.82, 2.24) is 5.32 Å². The lowest BCUT2D eigenvalue weighted by Crippen LogP contribution is -2.17. The predicted octanol–water partition coefficient (Wildman–Crippen LogP) is 4.42. The van der Waals surface area contributed by atoms with Crippen molar-refractivity contribution in [2.24, 2.45) is 0 Å². The number of hydrogen-bond donors (Lipinski definition) is 1. The topological polar surface area (TPSA) is 12.0 Å². The predicted molar refractivity (Wildman–Crippen MR) is 81.6 cm³/mol. The van der Waals surface area contributed by atoms with Crippen molar-refractivity contribution >= 4 is 0 Å². The minimum Gasteiger partial charge on any atom is -0.314 e. The minimum atomic E-state index is 0.847. The maximum absolute atomic E-state index is 3.59. The summed E-state index contributed by atoms with van der Waals surface area (Å²) in [6.45, 7) is 1.19. The third-order valence-corrected chi connectivity index (χ3v) is 4.71. The Kier molecular flexibility index (Phi) is 4.55. The van der Waals surface area contributed by atoms with Crippen LogP contribution in [0.3, 0.4) is 0 Å². The van der Waals surface area contributed by atoms with Gasteiger partial charge in [-0.25, -0.2) is 0 Å². The van der Waals surface area contributed by atoms with E-state index in [0.717, 1.165) is 12.0 Å². The standard InChI is InChI=1S/C18H27N/c1-2-6-16(7-3-1)17-10-8-15(9-11-17)5-4-14-19-18-12-13-18/h8-11,16,18-19H,1-7,12-14H2. The number of nitrogens with one attached hydrogen (secondary N) is 1. The average Bonchev–Trinajstić information content (AvgIpc) is 3.29. The normalized spacial score (nSPS) is 20.6. The van der Waals surface area contributed by atoms with Crippen molar-refractivity contribution in [3.8, 4) is 0 Å². The van der Waals surface area contributed by atoms with Gasteiger partial charge in [-0.15, -0.1) is 0 Å². The first-order valence-electron chi connectivity index (χ1n) is 8.24. The fourth-order valence-corrected chi connectivity index (χ4v) is 3.28. The van der Waals surface area contributed by atoms with Gasteiger partial charge in [-0.2, -0.15) is 0 Å². The molecule has 1 N–H and O–H groups in total. The molecule has 104 valence electrons. The van der Waals surface area contributed by atoms with Crippen LogP contribution in [-0.2, 0) is 6.42 Å². The Morgan fingerprint density at radius 1 is 0.895 bits per heavy atom. The summed E-state index contributed by atoms with van der Waals surface area (Å²) in [5.74, 6) is 0.847. The van der Waals surface area contributed by atoms with Gasteiger partial charge in [-0.3, -0.25) is 0 Å². The molecule has 2 aliphatic rings. The molecule has 1 aromatic carbocycles. The molecule has 19 heavy (non-hydrogen) atoms. The summed E-state index contributed by atoms with van der Waals surface area (Å²) in [4.78, 5) is 0. The summed E-state index contributed by atoms with van der Waals surface area (Å²) in [5, 5.41) is 3.59. The van der Waals surface area contributed by atoms with E-state index in [1.54, 1.807) is 5.56 Å². The molecule has 0 aliphatic heterocycles. The van der Waals surface area contributed by atoms with Crippen LogP contribution in [0.1, 0.15) is 68.4 Å². The van der Waals surface area contributed by atoms with E-state index in [4.69, 9.17) is 0 Å². The highest BCUT2D eigenvalue weighted by Crippen LogP contribution is 2.32. The first-order valence-corrected chi connectivity index (χ1v) is 8.24. The number of benzene rings is 1. The fraction of sp³-hybridized carbons (Fsp3) is 0.667. The van der Waals surface area contributed by atoms with Crippen molar-refractivity contribution in [2.75, 3.05) is 6.54 Å². The Labute approximate surface area is 117 Å². The monoisotopic (exact) mass is 257 g/mol. The molecule has 1 heteroatoms. The second-order valence-electron chi connectivity index (χ2n) is 6.41. The molecular weight excluding hydrogens is 230 g/mol. The first-order chi connectivity index (χ1) is 9.42. The molecule has 0 aromatic heterocycles. The molecule has 1 aromatic rings. The van der Waals surface area contributed by atoms with E-state index in [0.29, 0.717) is 0 Å². The maximum Gasteiger partial charge on any atom is 0.00682 e. The number of rotatable bonds is 6. The van der Waals surface area contributed by atoms with Gasteiger partial charge in [0.1, 0.15) is 0 Å². The van der Waals surface area contributed by atoms with Crippen LogP contribution >= 0.6 is 0 Å². The summed E-state index contributed by atoms with van der Waals surface area (Å²) in [5.41, 5.74) is 3.09. The SMILES string of the molecule is c1cc(C2CCCCC2)ccc1CCCNC1CC1. The lowest BCUT2D eigenvalue weighted by molar-refractivity contribution is 0.443. The van der Waals surface area contributed by atoms with Gasteiger partial charge in [0.2, 0.25) is 0 Å². The molecule has 0 unspecified atom stereocenters. The summed E-state index contributed by atoms with van der Waals surface area (Å²) in [7, 11) is 0. The Morgan fingerprint density at radius 2 is 1.63 bits per heavy atom. The van der Waals surface area contributed by atoms with Gasteiger partial charge in [0.25, 0.3) is 0 Å². The van der Waals surface area contributed by atoms with Crippen LogP contribution in [-0.4, -0.2) is 12.6 Å². The maximum atomic E-state index is 3.59. The van der Waals surface area contributed by atoms with Gasteiger partial charge in [0.15, 0.2) is 0 Å². The molecular formula is C18H27N. The van der Waals surface area contributed by atoms with Gasteiger partial charge in [-0.05, 0) is 62.1 Å². The molecule has 1 nitrogen and oxygen atoms in total. The van der Waals surface area contributed by atoms with Gasteiger partial charge >= 0.3 is 0 Å². The Bertz CT molecular complexity index is 371. The van der Waals surface area contributed by atoms with Gasteiger partial charge in [0, 0.05) is 6.04 Å². The first kappa shape index (κ1) is 13.2. The Morgan fingerprint density at radius 3 is 2.32 bits per heavy atom. The molecule has 0 amide bonds. The van der Waals surface area contributed by atoms with E-state index in [2.05, 4.69) is 29.6 Å². The van der Waals surface area contributed by atoms with Crippen molar-refractivity contribution in [2.45, 2.75) is 69.7 Å². The lowest BCUT2D eigenvalue weighted by atomic mass is 9.84.